The van der Waals surface area contributed by atoms with Gasteiger partial charge in [0.05, 0.1) is 0 Å². The Morgan fingerprint density at radius 3 is 2.34 bits per heavy atom. The molecule has 1 aromatic rings. The standard InChI is InChI=1S/C24H34N4O/c29-23(24-16-19-13-20(17-24)15-21(14-19)18-24)26-7-3-4-8-27-9-11-28(12-10-27)22-5-1-2-6-25-22/h1-6,19-21H,7-18H2,(H,26,29)/b4-3+. The van der Waals surface area contributed by atoms with E-state index in [2.05, 4.69) is 44.4 Å². The Balaban J connectivity index is 1.04. The molecule has 0 unspecified atom stereocenters. The third-order valence-electron chi connectivity index (χ3n) is 7.78. The Morgan fingerprint density at radius 1 is 1.03 bits per heavy atom. The molecule has 6 rings (SSSR count). The molecule has 156 valence electrons. The minimum Gasteiger partial charge on any atom is -0.354 e. The van der Waals surface area contributed by atoms with E-state index in [1.807, 2.05) is 12.3 Å². The van der Waals surface area contributed by atoms with Crippen LogP contribution in [-0.4, -0.2) is 55.1 Å². The number of piperazine rings is 1. The summed E-state index contributed by atoms with van der Waals surface area (Å²) in [5.41, 5.74) is -0.0234. The van der Waals surface area contributed by atoms with Crippen LogP contribution in [0.2, 0.25) is 0 Å². The van der Waals surface area contributed by atoms with Crippen molar-refractivity contribution in [3.05, 3.63) is 36.5 Å². The van der Waals surface area contributed by atoms with E-state index in [4.69, 9.17) is 0 Å². The lowest BCUT2D eigenvalue weighted by atomic mass is 9.49. The number of nitrogens with one attached hydrogen (secondary N) is 1. The predicted octanol–water partition coefficient (Wildman–Crippen LogP) is 3.09. The number of carbonyl (C=O) groups is 1. The van der Waals surface area contributed by atoms with Crippen LogP contribution >= 0.6 is 0 Å². The van der Waals surface area contributed by atoms with Gasteiger partial charge in [0.15, 0.2) is 0 Å². The summed E-state index contributed by atoms with van der Waals surface area (Å²) >= 11 is 0. The molecule has 0 spiro atoms. The van der Waals surface area contributed by atoms with Gasteiger partial charge in [-0.1, -0.05) is 18.2 Å². The number of pyridine rings is 1. The molecule has 4 saturated carbocycles. The number of amides is 1. The van der Waals surface area contributed by atoms with Gasteiger partial charge in [0.2, 0.25) is 5.91 Å². The summed E-state index contributed by atoms with van der Waals surface area (Å²) in [4.78, 5) is 22.2. The van der Waals surface area contributed by atoms with Crippen molar-refractivity contribution >= 4 is 11.7 Å². The van der Waals surface area contributed by atoms with Crippen LogP contribution in [0.25, 0.3) is 0 Å². The van der Waals surface area contributed by atoms with Crippen molar-refractivity contribution in [3.63, 3.8) is 0 Å². The van der Waals surface area contributed by atoms with Crippen LogP contribution < -0.4 is 10.2 Å². The lowest BCUT2D eigenvalue weighted by Gasteiger charge is -2.55. The smallest absolute Gasteiger partial charge is 0.226 e. The largest absolute Gasteiger partial charge is 0.354 e. The third kappa shape index (κ3) is 4.07. The second-order valence-electron chi connectivity index (χ2n) is 9.85. The molecule has 5 aliphatic rings. The van der Waals surface area contributed by atoms with Gasteiger partial charge in [-0.05, 0) is 68.4 Å². The molecule has 2 heterocycles. The van der Waals surface area contributed by atoms with Gasteiger partial charge in [0.25, 0.3) is 0 Å². The van der Waals surface area contributed by atoms with Crippen molar-refractivity contribution in [3.8, 4) is 0 Å². The van der Waals surface area contributed by atoms with Gasteiger partial charge in [0.1, 0.15) is 5.82 Å². The van der Waals surface area contributed by atoms with Gasteiger partial charge in [0, 0.05) is 50.9 Å². The number of hydrogen-bond acceptors (Lipinski definition) is 4. The van der Waals surface area contributed by atoms with E-state index >= 15 is 0 Å². The quantitative estimate of drug-likeness (QED) is 0.754. The first-order chi connectivity index (χ1) is 14.2. The Hall–Kier alpha value is -1.88. The van der Waals surface area contributed by atoms with E-state index in [0.717, 1.165) is 75.6 Å². The summed E-state index contributed by atoms with van der Waals surface area (Å²) in [5, 5.41) is 3.25. The van der Waals surface area contributed by atoms with Crippen molar-refractivity contribution in [1.29, 1.82) is 0 Å². The SMILES string of the molecule is O=C(NC/C=C/CN1CCN(c2ccccn2)CC1)C12CC3CC(CC(C3)C1)C2. The lowest BCUT2D eigenvalue weighted by molar-refractivity contribution is -0.146. The van der Waals surface area contributed by atoms with E-state index in [0.29, 0.717) is 12.5 Å². The summed E-state index contributed by atoms with van der Waals surface area (Å²) in [6.07, 6.45) is 13.8. The minimum absolute atomic E-state index is 0.0234. The monoisotopic (exact) mass is 394 g/mol. The third-order valence-corrected chi connectivity index (χ3v) is 7.78. The fourth-order valence-corrected chi connectivity index (χ4v) is 6.74. The molecule has 1 aliphatic heterocycles. The zero-order chi connectivity index (χ0) is 19.7. The topological polar surface area (TPSA) is 48.5 Å². The summed E-state index contributed by atoms with van der Waals surface area (Å²) in [6, 6.07) is 6.10. The first-order valence-electron chi connectivity index (χ1n) is 11.5. The molecule has 1 amide bonds. The normalized spacial score (nSPS) is 34.1. The fourth-order valence-electron chi connectivity index (χ4n) is 6.74. The Kier molecular flexibility index (Phi) is 5.33. The Bertz CT molecular complexity index is 703. The molecule has 5 nitrogen and oxygen atoms in total. The molecule has 5 fully saturated rings. The second-order valence-corrected chi connectivity index (χ2v) is 9.85. The van der Waals surface area contributed by atoms with Crippen LogP contribution in [0.3, 0.4) is 0 Å². The number of rotatable bonds is 6. The molecule has 5 heteroatoms. The average Bonchev–Trinajstić information content (AvgIpc) is 2.73. The second kappa shape index (κ2) is 8.10. The molecule has 0 radical (unpaired) electrons. The summed E-state index contributed by atoms with van der Waals surface area (Å²) in [6.45, 7) is 5.79. The molecule has 0 aromatic carbocycles. The van der Waals surface area contributed by atoms with E-state index in [-0.39, 0.29) is 5.41 Å². The number of hydrogen-bond donors (Lipinski definition) is 1. The zero-order valence-corrected chi connectivity index (χ0v) is 17.4. The van der Waals surface area contributed by atoms with Gasteiger partial charge in [-0.25, -0.2) is 4.98 Å². The van der Waals surface area contributed by atoms with E-state index in [9.17, 15) is 4.79 Å². The van der Waals surface area contributed by atoms with Crippen LogP contribution in [0.4, 0.5) is 5.82 Å². The van der Waals surface area contributed by atoms with Crippen molar-refractivity contribution < 1.29 is 4.79 Å². The molecule has 0 atom stereocenters. The van der Waals surface area contributed by atoms with Crippen molar-refractivity contribution in [2.75, 3.05) is 44.2 Å². The summed E-state index contributed by atoms with van der Waals surface area (Å²) in [5.74, 6) is 3.90. The van der Waals surface area contributed by atoms with Crippen LogP contribution in [0.1, 0.15) is 38.5 Å². The number of anilines is 1. The van der Waals surface area contributed by atoms with Crippen molar-refractivity contribution in [2.24, 2.45) is 23.2 Å². The van der Waals surface area contributed by atoms with E-state index in [1.165, 1.54) is 19.3 Å². The first-order valence-corrected chi connectivity index (χ1v) is 11.5. The molecule has 4 bridgehead atoms. The van der Waals surface area contributed by atoms with Gasteiger partial charge < -0.3 is 10.2 Å². The average molecular weight is 395 g/mol. The van der Waals surface area contributed by atoms with E-state index in [1.54, 1.807) is 0 Å². The molecule has 4 aliphatic carbocycles. The molecule has 1 aromatic heterocycles. The van der Waals surface area contributed by atoms with Crippen LogP contribution in [0.15, 0.2) is 36.5 Å². The highest BCUT2D eigenvalue weighted by Crippen LogP contribution is 2.60. The van der Waals surface area contributed by atoms with Gasteiger partial charge >= 0.3 is 0 Å². The minimum atomic E-state index is -0.0234. The molecule has 1 N–H and O–H groups in total. The van der Waals surface area contributed by atoms with Crippen LogP contribution in [0.5, 0.6) is 0 Å². The summed E-state index contributed by atoms with van der Waals surface area (Å²) < 4.78 is 0. The highest BCUT2D eigenvalue weighted by molar-refractivity contribution is 5.83. The first kappa shape index (κ1) is 19.1. The van der Waals surface area contributed by atoms with Crippen LogP contribution in [-0.2, 0) is 4.79 Å². The van der Waals surface area contributed by atoms with Crippen LogP contribution in [0, 0.1) is 23.2 Å². The highest BCUT2D eigenvalue weighted by atomic mass is 16.2. The maximum absolute atomic E-state index is 13.0. The van der Waals surface area contributed by atoms with Gasteiger partial charge in [-0.15, -0.1) is 0 Å². The van der Waals surface area contributed by atoms with Crippen molar-refractivity contribution in [1.82, 2.24) is 15.2 Å². The van der Waals surface area contributed by atoms with Gasteiger partial charge in [-0.3, -0.25) is 9.69 Å². The zero-order valence-electron chi connectivity index (χ0n) is 17.4. The molecule has 29 heavy (non-hydrogen) atoms. The molecular weight excluding hydrogens is 360 g/mol. The lowest BCUT2D eigenvalue weighted by Crippen LogP contribution is -2.53. The Morgan fingerprint density at radius 2 is 1.72 bits per heavy atom. The maximum atomic E-state index is 13.0. The van der Waals surface area contributed by atoms with Gasteiger partial charge in [-0.2, -0.15) is 0 Å². The number of aromatic nitrogens is 1. The fraction of sp³-hybridized carbons (Fsp3) is 0.667. The van der Waals surface area contributed by atoms with Crippen molar-refractivity contribution in [2.45, 2.75) is 38.5 Å². The number of nitrogens with zero attached hydrogens (tertiary/aromatic N) is 3. The Labute approximate surface area is 174 Å². The summed E-state index contributed by atoms with van der Waals surface area (Å²) in [7, 11) is 0. The maximum Gasteiger partial charge on any atom is 0.226 e. The molecular formula is C24H34N4O. The predicted molar refractivity (Wildman–Crippen MR) is 116 cm³/mol. The highest BCUT2D eigenvalue weighted by Gasteiger charge is 2.54. The van der Waals surface area contributed by atoms with E-state index < -0.39 is 0 Å². The molecule has 1 saturated heterocycles. The number of carbonyl (C=O) groups excluding carboxylic acids is 1.